The molecule has 110 valence electrons. The highest BCUT2D eigenvalue weighted by Crippen LogP contribution is 2.15. The van der Waals surface area contributed by atoms with Crippen molar-refractivity contribution >= 4 is 11.6 Å². The minimum atomic E-state index is -0.894. The molecule has 1 atom stereocenters. The maximum atomic E-state index is 13.1. The monoisotopic (exact) mass is 290 g/mol. The molecular weight excluding hydrogens is 274 g/mol. The van der Waals surface area contributed by atoms with E-state index in [4.69, 9.17) is 0 Å². The summed E-state index contributed by atoms with van der Waals surface area (Å²) < 4.78 is 26.0. The van der Waals surface area contributed by atoms with Crippen LogP contribution in [0.15, 0.2) is 48.5 Å². The Morgan fingerprint density at radius 2 is 1.81 bits per heavy atom. The first-order valence-electron chi connectivity index (χ1n) is 6.59. The Hall–Kier alpha value is -2.27. The van der Waals surface area contributed by atoms with Crippen LogP contribution in [0, 0.1) is 11.6 Å². The zero-order chi connectivity index (χ0) is 15.2. The van der Waals surface area contributed by atoms with Gasteiger partial charge in [-0.2, -0.15) is 0 Å². The number of anilines is 1. The van der Waals surface area contributed by atoms with Crippen molar-refractivity contribution < 1.29 is 13.6 Å². The van der Waals surface area contributed by atoms with Crippen LogP contribution in [0.4, 0.5) is 14.5 Å². The van der Waals surface area contributed by atoms with E-state index in [0.717, 1.165) is 12.1 Å². The first kappa shape index (κ1) is 15.1. The summed E-state index contributed by atoms with van der Waals surface area (Å²) in [6.45, 7) is 1.86. The number of halogens is 2. The van der Waals surface area contributed by atoms with Gasteiger partial charge in [0.1, 0.15) is 0 Å². The second-order valence-corrected chi connectivity index (χ2v) is 4.69. The summed E-state index contributed by atoms with van der Waals surface area (Å²) in [6.07, 6.45) is 0. The lowest BCUT2D eigenvalue weighted by Crippen LogP contribution is -2.30. The smallest absolute Gasteiger partial charge is 0.238 e. The second kappa shape index (κ2) is 6.95. The summed E-state index contributed by atoms with van der Waals surface area (Å²) in [5, 5.41) is 5.70. The van der Waals surface area contributed by atoms with E-state index in [1.165, 1.54) is 6.07 Å². The Balaban J connectivity index is 1.87. The van der Waals surface area contributed by atoms with E-state index in [2.05, 4.69) is 10.6 Å². The lowest BCUT2D eigenvalue weighted by molar-refractivity contribution is -0.115. The van der Waals surface area contributed by atoms with E-state index >= 15 is 0 Å². The fraction of sp³-hybridized carbons (Fsp3) is 0.188. The lowest BCUT2D eigenvalue weighted by Gasteiger charge is -2.14. The number of benzene rings is 2. The predicted octanol–water partition coefficient (Wildman–Crippen LogP) is 3.25. The minimum absolute atomic E-state index is 0.0784. The van der Waals surface area contributed by atoms with Crippen LogP contribution in [0.2, 0.25) is 0 Å². The molecule has 0 unspecified atom stereocenters. The Morgan fingerprint density at radius 3 is 2.48 bits per heavy atom. The van der Waals surface area contributed by atoms with Crippen molar-refractivity contribution in [3.63, 3.8) is 0 Å². The highest BCUT2D eigenvalue weighted by Gasteiger charge is 2.10. The van der Waals surface area contributed by atoms with Crippen LogP contribution in [0.25, 0.3) is 0 Å². The molecule has 0 saturated heterocycles. The summed E-state index contributed by atoms with van der Waals surface area (Å²) in [7, 11) is 0. The molecule has 0 saturated carbocycles. The number of hydrogen-bond donors (Lipinski definition) is 2. The maximum absolute atomic E-state index is 13.1. The third kappa shape index (κ3) is 4.36. The summed E-state index contributed by atoms with van der Waals surface area (Å²) in [4.78, 5) is 11.8. The molecule has 1 amide bonds. The van der Waals surface area contributed by atoms with Gasteiger partial charge < -0.3 is 10.6 Å². The van der Waals surface area contributed by atoms with Crippen molar-refractivity contribution in [2.75, 3.05) is 11.9 Å². The molecular formula is C16H16F2N2O. The number of amides is 1. The molecule has 0 aliphatic rings. The van der Waals surface area contributed by atoms with Crippen molar-refractivity contribution in [3.8, 4) is 0 Å². The summed E-state index contributed by atoms with van der Waals surface area (Å²) in [5.74, 6) is -1.97. The van der Waals surface area contributed by atoms with E-state index in [1.807, 2.05) is 18.2 Å². The molecule has 0 aliphatic carbocycles. The number of para-hydroxylation sites is 1. The number of rotatable bonds is 5. The van der Waals surface area contributed by atoms with Gasteiger partial charge in [-0.05, 0) is 36.8 Å². The summed E-state index contributed by atoms with van der Waals surface area (Å²) in [5.41, 5.74) is 1.30. The summed E-state index contributed by atoms with van der Waals surface area (Å²) in [6, 6.07) is 12.5. The van der Waals surface area contributed by atoms with E-state index in [1.54, 1.807) is 19.1 Å². The average Bonchev–Trinajstić information content (AvgIpc) is 2.48. The predicted molar refractivity (Wildman–Crippen MR) is 77.8 cm³/mol. The number of carbonyl (C=O) groups excluding carboxylic acids is 1. The third-order valence-corrected chi connectivity index (χ3v) is 3.07. The van der Waals surface area contributed by atoms with Crippen LogP contribution in [0.5, 0.6) is 0 Å². The third-order valence-electron chi connectivity index (χ3n) is 3.07. The maximum Gasteiger partial charge on any atom is 0.238 e. The van der Waals surface area contributed by atoms with E-state index in [-0.39, 0.29) is 18.5 Å². The molecule has 0 bridgehead atoms. The zero-order valence-electron chi connectivity index (χ0n) is 11.6. The second-order valence-electron chi connectivity index (χ2n) is 4.69. The molecule has 2 rings (SSSR count). The van der Waals surface area contributed by atoms with Gasteiger partial charge in [0.25, 0.3) is 0 Å². The molecule has 2 aromatic carbocycles. The van der Waals surface area contributed by atoms with Crippen molar-refractivity contribution in [1.29, 1.82) is 0 Å². The van der Waals surface area contributed by atoms with Crippen LogP contribution < -0.4 is 10.6 Å². The van der Waals surface area contributed by atoms with Crippen molar-refractivity contribution in [1.82, 2.24) is 5.32 Å². The van der Waals surface area contributed by atoms with Gasteiger partial charge in [0.15, 0.2) is 11.6 Å². The molecule has 5 heteroatoms. The molecule has 2 N–H and O–H groups in total. The number of hydrogen-bond acceptors (Lipinski definition) is 2. The van der Waals surface area contributed by atoms with Gasteiger partial charge in [-0.1, -0.05) is 24.3 Å². The van der Waals surface area contributed by atoms with Crippen molar-refractivity contribution in [2.45, 2.75) is 13.0 Å². The molecule has 0 heterocycles. The fourth-order valence-corrected chi connectivity index (χ4v) is 1.87. The van der Waals surface area contributed by atoms with Gasteiger partial charge in [0.05, 0.1) is 6.54 Å². The molecule has 0 aromatic heterocycles. The molecule has 0 radical (unpaired) electrons. The van der Waals surface area contributed by atoms with Crippen molar-refractivity contribution in [3.05, 3.63) is 65.7 Å². The molecule has 0 fully saturated rings. The van der Waals surface area contributed by atoms with Crippen LogP contribution in [-0.2, 0) is 4.79 Å². The van der Waals surface area contributed by atoms with E-state index in [0.29, 0.717) is 11.3 Å². The van der Waals surface area contributed by atoms with Gasteiger partial charge in [-0.25, -0.2) is 8.78 Å². The van der Waals surface area contributed by atoms with Crippen LogP contribution in [0.3, 0.4) is 0 Å². The Bertz CT molecular complexity index is 617. The van der Waals surface area contributed by atoms with Crippen LogP contribution in [0.1, 0.15) is 18.5 Å². The molecule has 3 nitrogen and oxygen atoms in total. The Kier molecular flexibility index (Phi) is 5.00. The van der Waals surface area contributed by atoms with Crippen LogP contribution >= 0.6 is 0 Å². The average molecular weight is 290 g/mol. The highest BCUT2D eigenvalue weighted by molar-refractivity contribution is 5.92. The van der Waals surface area contributed by atoms with Crippen molar-refractivity contribution in [2.24, 2.45) is 0 Å². The Labute approximate surface area is 122 Å². The van der Waals surface area contributed by atoms with E-state index in [9.17, 15) is 13.6 Å². The number of nitrogens with one attached hydrogen (secondary N) is 2. The minimum Gasteiger partial charge on any atom is -0.325 e. The van der Waals surface area contributed by atoms with Gasteiger partial charge in [-0.15, -0.1) is 0 Å². The van der Waals surface area contributed by atoms with Gasteiger partial charge in [0.2, 0.25) is 5.91 Å². The van der Waals surface area contributed by atoms with E-state index < -0.39 is 11.6 Å². The SMILES string of the molecule is C[C@H](NCC(=O)Nc1ccccc1)c1ccc(F)c(F)c1. The fourth-order valence-electron chi connectivity index (χ4n) is 1.87. The quantitative estimate of drug-likeness (QED) is 0.887. The Morgan fingerprint density at radius 1 is 1.10 bits per heavy atom. The lowest BCUT2D eigenvalue weighted by atomic mass is 10.1. The number of carbonyl (C=O) groups is 1. The largest absolute Gasteiger partial charge is 0.325 e. The highest BCUT2D eigenvalue weighted by atomic mass is 19.2. The molecule has 21 heavy (non-hydrogen) atoms. The van der Waals surface area contributed by atoms with Crippen LogP contribution in [-0.4, -0.2) is 12.5 Å². The molecule has 0 spiro atoms. The van der Waals surface area contributed by atoms with Gasteiger partial charge in [-0.3, -0.25) is 4.79 Å². The molecule has 0 aliphatic heterocycles. The first-order valence-corrected chi connectivity index (χ1v) is 6.59. The van der Waals surface area contributed by atoms with Gasteiger partial charge >= 0.3 is 0 Å². The molecule has 2 aromatic rings. The zero-order valence-corrected chi connectivity index (χ0v) is 11.6. The topological polar surface area (TPSA) is 41.1 Å². The summed E-state index contributed by atoms with van der Waals surface area (Å²) >= 11 is 0. The normalized spacial score (nSPS) is 12.0. The van der Waals surface area contributed by atoms with Gasteiger partial charge in [0, 0.05) is 11.7 Å². The first-order chi connectivity index (χ1) is 10.1. The standard InChI is InChI=1S/C16H16F2N2O/c1-11(12-7-8-14(17)15(18)9-12)19-10-16(21)20-13-5-3-2-4-6-13/h2-9,11,19H,10H2,1H3,(H,20,21)/t11-/m0/s1.